The van der Waals surface area contributed by atoms with Crippen LogP contribution in [0.4, 0.5) is 0 Å². The summed E-state index contributed by atoms with van der Waals surface area (Å²) in [4.78, 5) is 22.8. The summed E-state index contributed by atoms with van der Waals surface area (Å²) in [5.41, 5.74) is 2.57. The third kappa shape index (κ3) is 4.20. The molecule has 0 heterocycles. The number of ether oxygens (including phenoxy) is 2. The lowest BCUT2D eigenvalue weighted by atomic mass is 10.1. The quantitative estimate of drug-likeness (QED) is 0.626. The molecule has 2 rings (SSSR count). The van der Waals surface area contributed by atoms with Gasteiger partial charge in [-0.1, -0.05) is 42.0 Å². The highest BCUT2D eigenvalue weighted by atomic mass is 35.5. The maximum absolute atomic E-state index is 11.4. The Bertz CT molecular complexity index is 748. The third-order valence-corrected chi connectivity index (χ3v) is 3.54. The van der Waals surface area contributed by atoms with Crippen molar-refractivity contribution in [2.75, 3.05) is 14.2 Å². The first kappa shape index (κ1) is 16.8. The van der Waals surface area contributed by atoms with Crippen LogP contribution in [0.25, 0.3) is 12.2 Å². The molecule has 23 heavy (non-hydrogen) atoms. The number of carbonyl (C=O) groups excluding carboxylic acids is 2. The average Bonchev–Trinajstić information content (AvgIpc) is 2.59. The first-order valence-electron chi connectivity index (χ1n) is 6.79. The monoisotopic (exact) mass is 330 g/mol. The van der Waals surface area contributed by atoms with Crippen molar-refractivity contribution in [3.05, 3.63) is 69.7 Å². The van der Waals surface area contributed by atoms with Crippen molar-refractivity contribution in [2.45, 2.75) is 0 Å². The van der Waals surface area contributed by atoms with Crippen molar-refractivity contribution in [3.8, 4) is 0 Å². The molecule has 2 aromatic rings. The zero-order valence-corrected chi connectivity index (χ0v) is 13.5. The molecule has 0 aliphatic carbocycles. The van der Waals surface area contributed by atoms with Crippen molar-refractivity contribution in [3.63, 3.8) is 0 Å². The van der Waals surface area contributed by atoms with Crippen molar-refractivity contribution >= 4 is 35.7 Å². The van der Waals surface area contributed by atoms with Crippen LogP contribution in [-0.2, 0) is 9.47 Å². The summed E-state index contributed by atoms with van der Waals surface area (Å²) in [6, 6.07) is 11.9. The fourth-order valence-corrected chi connectivity index (χ4v) is 2.18. The number of hydrogen-bond donors (Lipinski definition) is 0. The highest BCUT2D eigenvalue weighted by Crippen LogP contribution is 2.21. The largest absolute Gasteiger partial charge is 0.465 e. The number of hydrogen-bond acceptors (Lipinski definition) is 4. The van der Waals surface area contributed by atoms with E-state index in [1.54, 1.807) is 42.5 Å². The maximum atomic E-state index is 11.4. The molecular formula is C18H15ClO4. The molecule has 4 nitrogen and oxygen atoms in total. The normalized spacial score (nSPS) is 10.6. The topological polar surface area (TPSA) is 52.6 Å². The number of esters is 2. The van der Waals surface area contributed by atoms with E-state index in [2.05, 4.69) is 9.47 Å². The van der Waals surface area contributed by atoms with Crippen molar-refractivity contribution in [1.29, 1.82) is 0 Å². The molecule has 0 aromatic heterocycles. The van der Waals surface area contributed by atoms with Crippen LogP contribution in [0.2, 0.25) is 5.02 Å². The minimum absolute atomic E-state index is 0.373. The van der Waals surface area contributed by atoms with Crippen molar-refractivity contribution in [1.82, 2.24) is 0 Å². The first-order valence-corrected chi connectivity index (χ1v) is 7.17. The van der Waals surface area contributed by atoms with E-state index in [1.807, 2.05) is 12.2 Å². The summed E-state index contributed by atoms with van der Waals surface area (Å²) in [6.45, 7) is 0. The molecular weight excluding hydrogens is 316 g/mol. The summed E-state index contributed by atoms with van der Waals surface area (Å²) in [5, 5.41) is 0.454. The molecule has 0 aliphatic rings. The lowest BCUT2D eigenvalue weighted by Crippen LogP contribution is -2.00. The molecule has 0 radical (unpaired) electrons. The Labute approximate surface area is 139 Å². The second-order valence-electron chi connectivity index (χ2n) is 4.67. The molecule has 0 amide bonds. The Morgan fingerprint density at radius 2 is 1.43 bits per heavy atom. The molecule has 0 atom stereocenters. The Morgan fingerprint density at radius 3 is 2.00 bits per heavy atom. The van der Waals surface area contributed by atoms with Crippen LogP contribution in [0.15, 0.2) is 42.5 Å². The number of carbonyl (C=O) groups is 2. The van der Waals surface area contributed by atoms with Gasteiger partial charge in [0.15, 0.2) is 0 Å². The molecule has 0 saturated carbocycles. The molecule has 0 saturated heterocycles. The van der Waals surface area contributed by atoms with Gasteiger partial charge in [0, 0.05) is 5.02 Å². The zero-order chi connectivity index (χ0) is 16.8. The second-order valence-corrected chi connectivity index (χ2v) is 5.08. The van der Waals surface area contributed by atoms with Gasteiger partial charge in [0.1, 0.15) is 0 Å². The van der Waals surface area contributed by atoms with Gasteiger partial charge in [-0.05, 0) is 35.4 Å². The fraction of sp³-hybridized carbons (Fsp3) is 0.111. The van der Waals surface area contributed by atoms with E-state index in [-0.39, 0.29) is 5.97 Å². The number of benzene rings is 2. The van der Waals surface area contributed by atoms with Gasteiger partial charge in [0.2, 0.25) is 0 Å². The molecule has 5 heteroatoms. The predicted octanol–water partition coefficient (Wildman–Crippen LogP) is 4.08. The summed E-state index contributed by atoms with van der Waals surface area (Å²) >= 11 is 6.16. The summed E-state index contributed by atoms with van der Waals surface area (Å²) in [5.74, 6) is -0.803. The average molecular weight is 331 g/mol. The Hall–Kier alpha value is -2.59. The van der Waals surface area contributed by atoms with E-state index in [0.717, 1.165) is 11.1 Å². The maximum Gasteiger partial charge on any atom is 0.337 e. The van der Waals surface area contributed by atoms with E-state index in [1.165, 1.54) is 14.2 Å². The lowest BCUT2D eigenvalue weighted by molar-refractivity contribution is 0.0592. The van der Waals surface area contributed by atoms with E-state index in [4.69, 9.17) is 11.6 Å². The predicted molar refractivity (Wildman–Crippen MR) is 89.5 cm³/mol. The zero-order valence-electron chi connectivity index (χ0n) is 12.7. The summed E-state index contributed by atoms with van der Waals surface area (Å²) in [7, 11) is 2.66. The van der Waals surface area contributed by atoms with Crippen LogP contribution < -0.4 is 0 Å². The molecule has 0 N–H and O–H groups in total. The number of halogens is 1. The molecule has 118 valence electrons. The van der Waals surface area contributed by atoms with Crippen LogP contribution in [0, 0.1) is 0 Å². The minimum atomic E-state index is -0.430. The third-order valence-electron chi connectivity index (χ3n) is 3.21. The van der Waals surface area contributed by atoms with Crippen LogP contribution in [0.3, 0.4) is 0 Å². The van der Waals surface area contributed by atoms with E-state index < -0.39 is 5.97 Å². The van der Waals surface area contributed by atoms with Gasteiger partial charge in [-0.15, -0.1) is 0 Å². The Balaban J connectivity index is 2.17. The van der Waals surface area contributed by atoms with Gasteiger partial charge >= 0.3 is 11.9 Å². The van der Waals surface area contributed by atoms with Crippen molar-refractivity contribution in [2.24, 2.45) is 0 Å². The molecule has 0 unspecified atom stereocenters. The lowest BCUT2D eigenvalue weighted by Gasteiger charge is -2.03. The summed E-state index contributed by atoms with van der Waals surface area (Å²) in [6.07, 6.45) is 3.69. The van der Waals surface area contributed by atoms with Gasteiger partial charge in [-0.25, -0.2) is 9.59 Å². The van der Waals surface area contributed by atoms with E-state index in [0.29, 0.717) is 16.1 Å². The molecule has 0 bridgehead atoms. The standard InChI is InChI=1S/C18H15ClO4/c1-22-17(20)14-7-4-12(5-8-14)3-6-13-9-10-15(11-16(13)19)18(21)23-2/h3-11H,1-2H3/b6-3-. The molecule has 0 spiro atoms. The highest BCUT2D eigenvalue weighted by Gasteiger charge is 2.07. The van der Waals surface area contributed by atoms with Crippen LogP contribution in [-0.4, -0.2) is 26.2 Å². The van der Waals surface area contributed by atoms with Crippen LogP contribution in [0.5, 0.6) is 0 Å². The molecule has 0 fully saturated rings. The Morgan fingerprint density at radius 1 is 0.870 bits per heavy atom. The first-order chi connectivity index (χ1) is 11.0. The smallest absolute Gasteiger partial charge is 0.337 e. The molecule has 2 aromatic carbocycles. The van der Waals surface area contributed by atoms with Gasteiger partial charge in [0.05, 0.1) is 25.3 Å². The van der Waals surface area contributed by atoms with Crippen LogP contribution in [0.1, 0.15) is 31.8 Å². The van der Waals surface area contributed by atoms with E-state index >= 15 is 0 Å². The van der Waals surface area contributed by atoms with Gasteiger partial charge < -0.3 is 9.47 Å². The Kier molecular flexibility index (Phi) is 5.55. The van der Waals surface area contributed by atoms with E-state index in [9.17, 15) is 9.59 Å². The SMILES string of the molecule is COC(=O)c1ccc(/C=C\c2ccc(C(=O)OC)cc2Cl)cc1. The minimum Gasteiger partial charge on any atom is -0.465 e. The highest BCUT2D eigenvalue weighted by molar-refractivity contribution is 6.32. The van der Waals surface area contributed by atoms with Crippen LogP contribution >= 0.6 is 11.6 Å². The number of rotatable bonds is 4. The fourth-order valence-electron chi connectivity index (χ4n) is 1.94. The summed E-state index contributed by atoms with van der Waals surface area (Å²) < 4.78 is 9.30. The van der Waals surface area contributed by atoms with Gasteiger partial charge in [-0.2, -0.15) is 0 Å². The molecule has 0 aliphatic heterocycles. The number of methoxy groups -OCH3 is 2. The van der Waals surface area contributed by atoms with Gasteiger partial charge in [-0.3, -0.25) is 0 Å². The van der Waals surface area contributed by atoms with Gasteiger partial charge in [0.25, 0.3) is 0 Å². The second kappa shape index (κ2) is 7.61. The van der Waals surface area contributed by atoms with Crippen molar-refractivity contribution < 1.29 is 19.1 Å².